The number of anilines is 2. The fourth-order valence-corrected chi connectivity index (χ4v) is 7.43. The van der Waals surface area contributed by atoms with Crippen molar-refractivity contribution in [3.05, 3.63) is 60.1 Å². The Bertz CT molecular complexity index is 1870. The second kappa shape index (κ2) is 11.5. The standard InChI is InChI=1S/C27H29N7O8S2/c1-16(2)8-12-33-23-18(5-4-10-29-23)22(35)21(26(33)36)24-31-43(38,39)20-7-6-17(15-19(20)32(24)3)25-30-11-13-34(44(25,40)41)27(37)42-14-9-28/h4-7,10-11,13,15-16,21H,8-9,12,14,28H2,1-3H3. The van der Waals surface area contributed by atoms with Gasteiger partial charge in [-0.1, -0.05) is 19.9 Å². The molecule has 1 unspecified atom stereocenters. The Balaban J connectivity index is 1.56. The lowest BCUT2D eigenvalue weighted by Gasteiger charge is -2.36. The number of nitrogens with zero attached hydrogens (tertiary/aromatic N) is 6. The fourth-order valence-electron chi connectivity index (χ4n) is 4.89. The molecule has 2 aromatic rings. The first-order valence-corrected chi connectivity index (χ1v) is 16.4. The predicted molar refractivity (Wildman–Crippen MR) is 160 cm³/mol. The van der Waals surface area contributed by atoms with Gasteiger partial charge in [-0.3, -0.25) is 14.5 Å². The second-order valence-electron chi connectivity index (χ2n) is 10.4. The molecule has 4 heterocycles. The first-order chi connectivity index (χ1) is 20.8. The maximum Gasteiger partial charge on any atom is 0.428 e. The van der Waals surface area contributed by atoms with Gasteiger partial charge in [-0.15, -0.1) is 4.40 Å². The summed E-state index contributed by atoms with van der Waals surface area (Å²) in [6.07, 6.45) is 2.85. The van der Waals surface area contributed by atoms with Gasteiger partial charge in [-0.05, 0) is 36.6 Å². The van der Waals surface area contributed by atoms with Crippen molar-refractivity contribution in [1.29, 1.82) is 0 Å². The van der Waals surface area contributed by atoms with Crippen LogP contribution in [0.2, 0.25) is 0 Å². The van der Waals surface area contributed by atoms with Crippen LogP contribution in [0, 0.1) is 11.8 Å². The van der Waals surface area contributed by atoms with Crippen molar-refractivity contribution < 1.29 is 36.0 Å². The summed E-state index contributed by atoms with van der Waals surface area (Å²) in [5, 5.41) is -0.563. The summed E-state index contributed by atoms with van der Waals surface area (Å²) in [6.45, 7) is 3.95. The number of sulfonamides is 2. The predicted octanol–water partition coefficient (Wildman–Crippen LogP) is 1.47. The largest absolute Gasteiger partial charge is 0.447 e. The minimum atomic E-state index is -4.56. The molecular weight excluding hydrogens is 614 g/mol. The van der Waals surface area contributed by atoms with E-state index < -0.39 is 48.8 Å². The summed E-state index contributed by atoms with van der Waals surface area (Å²) < 4.78 is 62.5. The van der Waals surface area contributed by atoms with Crippen molar-refractivity contribution in [3.63, 3.8) is 0 Å². The number of amidine groups is 1. The zero-order valence-electron chi connectivity index (χ0n) is 23.9. The molecule has 15 nitrogen and oxygen atoms in total. The van der Waals surface area contributed by atoms with E-state index >= 15 is 0 Å². The highest BCUT2D eigenvalue weighted by Gasteiger charge is 2.47. The first kappa shape index (κ1) is 31.0. The average Bonchev–Trinajstić information content (AvgIpc) is 2.97. The van der Waals surface area contributed by atoms with Crippen LogP contribution in [0.15, 0.2) is 63.2 Å². The molecule has 0 fully saturated rings. The maximum atomic E-state index is 13.9. The number of amides is 2. The topological polar surface area (TPSA) is 202 Å². The summed E-state index contributed by atoms with van der Waals surface area (Å²) in [7, 11) is -7.59. The van der Waals surface area contributed by atoms with Crippen LogP contribution in [0.5, 0.6) is 0 Å². The molecule has 1 atom stereocenters. The van der Waals surface area contributed by atoms with Gasteiger partial charge in [0, 0.05) is 44.3 Å². The van der Waals surface area contributed by atoms with Gasteiger partial charge in [-0.25, -0.2) is 14.8 Å². The molecule has 1 aromatic carbocycles. The second-order valence-corrected chi connectivity index (χ2v) is 13.7. The SMILES string of the molecule is CC(C)CCN1C(=O)C(C2=NS(=O)(=O)c3ccc(C4=NC=CN(C(=O)OCCN)S4(=O)=O)cc3N2C)C(=O)c2cccnc21. The van der Waals surface area contributed by atoms with Crippen LogP contribution in [-0.2, 0) is 29.6 Å². The average molecular weight is 644 g/mol. The molecule has 5 rings (SSSR count). The lowest BCUT2D eigenvalue weighted by atomic mass is 9.90. The number of ether oxygens (including phenoxy) is 1. The molecule has 0 spiro atoms. The number of aliphatic imine (C=N–C) groups is 1. The van der Waals surface area contributed by atoms with Crippen LogP contribution in [0.25, 0.3) is 0 Å². The van der Waals surface area contributed by atoms with Gasteiger partial charge in [0.2, 0.25) is 5.91 Å². The Morgan fingerprint density at radius 3 is 2.59 bits per heavy atom. The van der Waals surface area contributed by atoms with E-state index in [4.69, 9.17) is 10.5 Å². The van der Waals surface area contributed by atoms with E-state index in [1.54, 1.807) is 6.07 Å². The highest BCUT2D eigenvalue weighted by Crippen LogP contribution is 2.37. The van der Waals surface area contributed by atoms with Crippen LogP contribution in [0.1, 0.15) is 36.2 Å². The molecule has 3 aliphatic heterocycles. The molecule has 3 aliphatic rings. The summed E-state index contributed by atoms with van der Waals surface area (Å²) in [5.74, 6) is -2.91. The third kappa shape index (κ3) is 5.26. The third-order valence-electron chi connectivity index (χ3n) is 7.09. The smallest absolute Gasteiger partial charge is 0.428 e. The number of fused-ring (bicyclic) bond motifs is 2. The molecule has 0 aliphatic carbocycles. The summed E-state index contributed by atoms with van der Waals surface area (Å²) in [5.41, 5.74) is 5.36. The van der Waals surface area contributed by atoms with Crippen LogP contribution >= 0.6 is 0 Å². The highest BCUT2D eigenvalue weighted by molar-refractivity contribution is 8.05. The van der Waals surface area contributed by atoms with E-state index in [9.17, 15) is 31.2 Å². The minimum Gasteiger partial charge on any atom is -0.447 e. The molecule has 0 radical (unpaired) electrons. The molecule has 232 valence electrons. The summed E-state index contributed by atoms with van der Waals surface area (Å²) >= 11 is 0. The first-order valence-electron chi connectivity index (χ1n) is 13.5. The number of carbonyl (C=O) groups is 3. The molecule has 0 bridgehead atoms. The van der Waals surface area contributed by atoms with Gasteiger partial charge < -0.3 is 15.4 Å². The molecule has 0 saturated carbocycles. The van der Waals surface area contributed by atoms with E-state index in [0.29, 0.717) is 10.7 Å². The fraction of sp³-hybridized carbons (Fsp3) is 0.333. The number of hydrogen-bond acceptors (Lipinski definition) is 12. The zero-order valence-corrected chi connectivity index (χ0v) is 25.6. The number of carbonyl (C=O) groups excluding carboxylic acids is 3. The molecule has 17 heteroatoms. The Hall–Kier alpha value is -4.48. The summed E-state index contributed by atoms with van der Waals surface area (Å²) in [4.78, 5) is 50.5. The number of ketones is 1. The molecule has 2 N–H and O–H groups in total. The zero-order chi connectivity index (χ0) is 32.0. The van der Waals surface area contributed by atoms with Crippen LogP contribution in [0.3, 0.4) is 0 Å². The molecule has 1 aromatic heterocycles. The number of rotatable bonds is 7. The van der Waals surface area contributed by atoms with Crippen molar-refractivity contribution in [2.24, 2.45) is 27.0 Å². The van der Waals surface area contributed by atoms with Gasteiger partial charge in [0.1, 0.15) is 23.2 Å². The van der Waals surface area contributed by atoms with E-state index in [1.165, 1.54) is 41.2 Å². The van der Waals surface area contributed by atoms with Crippen molar-refractivity contribution >= 4 is 60.2 Å². The Morgan fingerprint density at radius 1 is 1.14 bits per heavy atom. The van der Waals surface area contributed by atoms with Crippen molar-refractivity contribution in [1.82, 2.24) is 9.29 Å². The Kier molecular flexibility index (Phi) is 8.13. The summed E-state index contributed by atoms with van der Waals surface area (Å²) in [6, 6.07) is 6.63. The molecule has 44 heavy (non-hydrogen) atoms. The number of hydrogen-bond donors (Lipinski definition) is 1. The third-order valence-corrected chi connectivity index (χ3v) is 10.0. The molecule has 2 amide bonds. The number of Topliss-reactive ketones (excluding diaryl/α,β-unsaturated/α-hetero) is 1. The van der Waals surface area contributed by atoms with Crippen molar-refractivity contribution in [3.8, 4) is 0 Å². The quantitative estimate of drug-likeness (QED) is 0.428. The van der Waals surface area contributed by atoms with Gasteiger partial charge >= 0.3 is 6.09 Å². The van der Waals surface area contributed by atoms with E-state index in [-0.39, 0.29) is 59.0 Å². The van der Waals surface area contributed by atoms with Crippen molar-refractivity contribution in [2.75, 3.05) is 36.5 Å². The van der Waals surface area contributed by atoms with Crippen molar-refractivity contribution in [2.45, 2.75) is 25.2 Å². The van der Waals surface area contributed by atoms with Gasteiger partial charge in [0.25, 0.3) is 20.0 Å². The Labute approximate surface area is 253 Å². The number of benzene rings is 1. The maximum absolute atomic E-state index is 13.9. The van der Waals surface area contributed by atoms with Crippen LogP contribution < -0.4 is 15.5 Å². The van der Waals surface area contributed by atoms with Crippen LogP contribution in [0.4, 0.5) is 16.3 Å². The number of pyridine rings is 1. The van der Waals surface area contributed by atoms with Gasteiger partial charge in [-0.2, -0.15) is 21.1 Å². The monoisotopic (exact) mass is 643 g/mol. The normalized spacial score (nSPS) is 20.2. The Morgan fingerprint density at radius 2 is 1.89 bits per heavy atom. The number of aromatic nitrogens is 1. The minimum absolute atomic E-state index is 0.0244. The van der Waals surface area contributed by atoms with E-state index in [2.05, 4.69) is 14.4 Å². The van der Waals surface area contributed by atoms with Gasteiger partial charge in [0.05, 0.1) is 11.3 Å². The molecule has 0 saturated heterocycles. The van der Waals surface area contributed by atoms with E-state index in [0.717, 1.165) is 18.5 Å². The highest BCUT2D eigenvalue weighted by atomic mass is 32.2. The van der Waals surface area contributed by atoms with Gasteiger partial charge in [0.15, 0.2) is 16.7 Å². The van der Waals surface area contributed by atoms with E-state index in [1.807, 2.05) is 13.8 Å². The lowest BCUT2D eigenvalue weighted by molar-refractivity contribution is -0.119. The number of nitrogens with two attached hydrogens (primary N) is 1. The lowest BCUT2D eigenvalue weighted by Crippen LogP contribution is -2.53. The molecular formula is C27H29N7O8S2. The van der Waals surface area contributed by atoms with Crippen LogP contribution in [-0.4, -0.2) is 81.5 Å².